The zero-order chi connectivity index (χ0) is 15.1. The molecular weight excluding hydrogens is 268 g/mol. The van der Waals surface area contributed by atoms with Gasteiger partial charge in [-0.05, 0) is 43.3 Å². The van der Waals surface area contributed by atoms with Crippen molar-refractivity contribution < 1.29 is 19.0 Å². The summed E-state index contributed by atoms with van der Waals surface area (Å²) < 4.78 is 16.2. The molecule has 110 valence electrons. The van der Waals surface area contributed by atoms with E-state index >= 15 is 0 Å². The number of carbonyl (C=O) groups excluding carboxylic acids is 1. The van der Waals surface area contributed by atoms with Gasteiger partial charge in [-0.3, -0.25) is 4.79 Å². The molecule has 0 aromatic heterocycles. The Hall–Kier alpha value is -2.49. The fourth-order valence-corrected chi connectivity index (χ4v) is 1.71. The Bertz CT molecular complexity index is 563. The molecule has 0 heterocycles. The summed E-state index contributed by atoms with van der Waals surface area (Å²) in [5.41, 5.74) is 0. The van der Waals surface area contributed by atoms with Gasteiger partial charge in [0.1, 0.15) is 30.0 Å². The van der Waals surface area contributed by atoms with Crippen LogP contribution in [-0.2, 0) is 9.53 Å². The number of para-hydroxylation sites is 1. The zero-order valence-corrected chi connectivity index (χ0v) is 12.1. The van der Waals surface area contributed by atoms with Crippen molar-refractivity contribution in [3.8, 4) is 17.2 Å². The van der Waals surface area contributed by atoms with Gasteiger partial charge >= 0.3 is 5.97 Å². The van der Waals surface area contributed by atoms with E-state index in [0.717, 1.165) is 11.5 Å². The van der Waals surface area contributed by atoms with Crippen LogP contribution in [0.4, 0.5) is 0 Å². The lowest BCUT2D eigenvalue weighted by molar-refractivity contribution is -0.143. The zero-order valence-electron chi connectivity index (χ0n) is 12.1. The third-order valence-corrected chi connectivity index (χ3v) is 2.66. The van der Waals surface area contributed by atoms with Gasteiger partial charge in [-0.1, -0.05) is 18.2 Å². The fraction of sp³-hybridized carbons (Fsp3) is 0.235. The molecule has 2 aromatic rings. The molecule has 0 aliphatic rings. The first kappa shape index (κ1) is 14.9. The molecular formula is C17H18O4. The van der Waals surface area contributed by atoms with Crippen LogP contribution < -0.4 is 9.47 Å². The maximum Gasteiger partial charge on any atom is 0.302 e. The Morgan fingerprint density at radius 3 is 2.14 bits per heavy atom. The smallest absolute Gasteiger partial charge is 0.302 e. The summed E-state index contributed by atoms with van der Waals surface area (Å²) in [6.45, 7) is 3.46. The van der Waals surface area contributed by atoms with E-state index in [1.54, 1.807) is 0 Å². The maximum absolute atomic E-state index is 10.7. The molecule has 0 radical (unpaired) electrons. The molecule has 0 amide bonds. The molecule has 1 unspecified atom stereocenters. The van der Waals surface area contributed by atoms with E-state index in [0.29, 0.717) is 5.75 Å². The van der Waals surface area contributed by atoms with E-state index < -0.39 is 0 Å². The Balaban J connectivity index is 1.88. The molecule has 2 aromatic carbocycles. The highest BCUT2D eigenvalue weighted by molar-refractivity contribution is 5.65. The standard InChI is InChI=1S/C17H18O4/c1-13(12-19-14(2)18)20-16-8-10-17(11-9-16)21-15-6-4-3-5-7-15/h3-11,13H,12H2,1-2H3. The van der Waals surface area contributed by atoms with Crippen molar-refractivity contribution in [2.24, 2.45) is 0 Å². The van der Waals surface area contributed by atoms with Crippen LogP contribution in [0.3, 0.4) is 0 Å². The van der Waals surface area contributed by atoms with Crippen LogP contribution in [0.25, 0.3) is 0 Å². The first-order valence-electron chi connectivity index (χ1n) is 6.76. The number of rotatable bonds is 6. The second-order valence-electron chi connectivity index (χ2n) is 4.62. The summed E-state index contributed by atoms with van der Waals surface area (Å²) >= 11 is 0. The molecule has 2 rings (SSSR count). The Morgan fingerprint density at radius 2 is 1.52 bits per heavy atom. The van der Waals surface area contributed by atoms with Crippen molar-refractivity contribution in [1.29, 1.82) is 0 Å². The highest BCUT2D eigenvalue weighted by Gasteiger charge is 2.06. The highest BCUT2D eigenvalue weighted by atomic mass is 16.6. The van der Waals surface area contributed by atoms with Crippen molar-refractivity contribution in [2.45, 2.75) is 20.0 Å². The fourth-order valence-electron chi connectivity index (χ4n) is 1.71. The van der Waals surface area contributed by atoms with Crippen LogP contribution in [0, 0.1) is 0 Å². The first-order chi connectivity index (χ1) is 10.1. The molecule has 0 spiro atoms. The quantitative estimate of drug-likeness (QED) is 0.757. The van der Waals surface area contributed by atoms with Crippen molar-refractivity contribution in [1.82, 2.24) is 0 Å². The van der Waals surface area contributed by atoms with Gasteiger partial charge in [0.15, 0.2) is 0 Å². The largest absolute Gasteiger partial charge is 0.487 e. The van der Waals surface area contributed by atoms with Crippen LogP contribution >= 0.6 is 0 Å². The molecule has 4 heteroatoms. The highest BCUT2D eigenvalue weighted by Crippen LogP contribution is 2.23. The lowest BCUT2D eigenvalue weighted by Crippen LogP contribution is -2.20. The van der Waals surface area contributed by atoms with Gasteiger partial charge in [0.25, 0.3) is 0 Å². The van der Waals surface area contributed by atoms with E-state index in [1.165, 1.54) is 6.92 Å². The summed E-state index contributed by atoms with van der Waals surface area (Å²) in [4.78, 5) is 10.7. The Kier molecular flexibility index (Phi) is 5.21. The topological polar surface area (TPSA) is 44.8 Å². The SMILES string of the molecule is CC(=O)OCC(C)Oc1ccc(Oc2ccccc2)cc1. The number of carbonyl (C=O) groups is 1. The number of esters is 1. The van der Waals surface area contributed by atoms with Crippen molar-refractivity contribution in [2.75, 3.05) is 6.61 Å². The average molecular weight is 286 g/mol. The molecule has 0 N–H and O–H groups in total. The predicted molar refractivity (Wildman–Crippen MR) is 79.7 cm³/mol. The van der Waals surface area contributed by atoms with Crippen LogP contribution in [0.5, 0.6) is 17.2 Å². The van der Waals surface area contributed by atoms with Gasteiger partial charge in [0.05, 0.1) is 0 Å². The molecule has 0 bridgehead atoms. The van der Waals surface area contributed by atoms with E-state index in [9.17, 15) is 4.79 Å². The third kappa shape index (κ3) is 5.18. The first-order valence-corrected chi connectivity index (χ1v) is 6.76. The summed E-state index contributed by atoms with van der Waals surface area (Å²) in [5, 5.41) is 0. The maximum atomic E-state index is 10.7. The van der Waals surface area contributed by atoms with Crippen LogP contribution in [0.15, 0.2) is 54.6 Å². The van der Waals surface area contributed by atoms with Gasteiger partial charge in [-0.25, -0.2) is 0 Å². The molecule has 0 saturated heterocycles. The van der Waals surface area contributed by atoms with Crippen molar-refractivity contribution >= 4 is 5.97 Å². The lowest BCUT2D eigenvalue weighted by atomic mass is 10.3. The lowest BCUT2D eigenvalue weighted by Gasteiger charge is -2.14. The Labute approximate surface area is 124 Å². The minimum Gasteiger partial charge on any atom is -0.487 e. The summed E-state index contributed by atoms with van der Waals surface area (Å²) in [6, 6.07) is 16.9. The Morgan fingerprint density at radius 1 is 0.952 bits per heavy atom. The molecule has 0 saturated carbocycles. The monoisotopic (exact) mass is 286 g/mol. The van der Waals surface area contributed by atoms with E-state index in [-0.39, 0.29) is 18.7 Å². The molecule has 0 fully saturated rings. The van der Waals surface area contributed by atoms with Gasteiger partial charge in [0, 0.05) is 6.92 Å². The summed E-state index contributed by atoms with van der Waals surface area (Å²) in [7, 11) is 0. The number of hydrogen-bond donors (Lipinski definition) is 0. The summed E-state index contributed by atoms with van der Waals surface area (Å²) in [5.74, 6) is 1.92. The van der Waals surface area contributed by atoms with Crippen LogP contribution in [0.2, 0.25) is 0 Å². The third-order valence-electron chi connectivity index (χ3n) is 2.66. The molecule has 4 nitrogen and oxygen atoms in total. The summed E-state index contributed by atoms with van der Waals surface area (Å²) in [6.07, 6.45) is -0.199. The van der Waals surface area contributed by atoms with Gasteiger partial charge < -0.3 is 14.2 Å². The average Bonchev–Trinajstić information content (AvgIpc) is 2.48. The number of hydrogen-bond acceptors (Lipinski definition) is 4. The predicted octanol–water partition coefficient (Wildman–Crippen LogP) is 3.81. The normalized spacial score (nSPS) is 11.5. The number of benzene rings is 2. The van der Waals surface area contributed by atoms with Gasteiger partial charge in [-0.2, -0.15) is 0 Å². The molecule has 21 heavy (non-hydrogen) atoms. The van der Waals surface area contributed by atoms with Crippen LogP contribution in [-0.4, -0.2) is 18.7 Å². The van der Waals surface area contributed by atoms with Gasteiger partial charge in [-0.15, -0.1) is 0 Å². The number of ether oxygens (including phenoxy) is 3. The van der Waals surface area contributed by atoms with Crippen molar-refractivity contribution in [3.63, 3.8) is 0 Å². The second-order valence-corrected chi connectivity index (χ2v) is 4.62. The van der Waals surface area contributed by atoms with E-state index in [2.05, 4.69) is 0 Å². The second kappa shape index (κ2) is 7.33. The van der Waals surface area contributed by atoms with Crippen molar-refractivity contribution in [3.05, 3.63) is 54.6 Å². The minimum absolute atomic E-state index is 0.199. The minimum atomic E-state index is -0.308. The molecule has 1 atom stereocenters. The van der Waals surface area contributed by atoms with Crippen LogP contribution in [0.1, 0.15) is 13.8 Å². The molecule has 0 aliphatic carbocycles. The molecule has 0 aliphatic heterocycles. The van der Waals surface area contributed by atoms with E-state index in [1.807, 2.05) is 61.5 Å². The van der Waals surface area contributed by atoms with E-state index in [4.69, 9.17) is 14.2 Å². The van der Waals surface area contributed by atoms with Gasteiger partial charge in [0.2, 0.25) is 0 Å².